The lowest BCUT2D eigenvalue weighted by molar-refractivity contribution is 0.497. The first-order chi connectivity index (χ1) is 9.21. The summed E-state index contributed by atoms with van der Waals surface area (Å²) in [4.78, 5) is 8.67. The van der Waals surface area contributed by atoms with Gasteiger partial charge in [-0.3, -0.25) is 0 Å². The highest BCUT2D eigenvalue weighted by Crippen LogP contribution is 2.13. The van der Waals surface area contributed by atoms with E-state index >= 15 is 0 Å². The van der Waals surface area contributed by atoms with Crippen molar-refractivity contribution in [1.82, 2.24) is 9.97 Å². The average molecular weight is 261 g/mol. The van der Waals surface area contributed by atoms with E-state index in [-0.39, 0.29) is 6.04 Å². The lowest BCUT2D eigenvalue weighted by Gasteiger charge is -2.14. The van der Waals surface area contributed by atoms with Crippen LogP contribution in [0.15, 0.2) is 28.9 Å². The fourth-order valence-corrected chi connectivity index (χ4v) is 1.84. The summed E-state index contributed by atoms with van der Waals surface area (Å²) in [5.74, 6) is 8.47. The van der Waals surface area contributed by atoms with Gasteiger partial charge in [-0.2, -0.15) is 0 Å². The van der Waals surface area contributed by atoms with Gasteiger partial charge < -0.3 is 15.2 Å². The minimum atomic E-state index is 0.205. The van der Waals surface area contributed by atoms with E-state index in [2.05, 4.69) is 27.6 Å². The normalized spacial score (nSPS) is 12.2. The molecular formula is C13H19N5O. The van der Waals surface area contributed by atoms with E-state index in [1.807, 2.05) is 19.1 Å². The molecule has 4 N–H and O–H groups in total. The van der Waals surface area contributed by atoms with Crippen LogP contribution in [0, 0.1) is 0 Å². The maximum Gasteiger partial charge on any atom is 0.145 e. The number of nitrogens with zero attached hydrogens (tertiary/aromatic N) is 2. The maximum atomic E-state index is 5.40. The summed E-state index contributed by atoms with van der Waals surface area (Å²) in [5, 5.41) is 3.32. The second-order valence-electron chi connectivity index (χ2n) is 4.38. The van der Waals surface area contributed by atoms with Gasteiger partial charge in [-0.15, -0.1) is 0 Å². The van der Waals surface area contributed by atoms with Crippen molar-refractivity contribution in [3.05, 3.63) is 36.0 Å². The molecule has 0 saturated heterocycles. The molecule has 0 aliphatic carbocycles. The summed E-state index contributed by atoms with van der Waals surface area (Å²) in [6, 6.07) is 5.84. The van der Waals surface area contributed by atoms with E-state index in [9.17, 15) is 0 Å². The van der Waals surface area contributed by atoms with Crippen LogP contribution in [0.3, 0.4) is 0 Å². The molecule has 6 heteroatoms. The molecule has 0 radical (unpaired) electrons. The van der Waals surface area contributed by atoms with Crippen molar-refractivity contribution in [2.24, 2.45) is 5.84 Å². The third kappa shape index (κ3) is 3.69. The lowest BCUT2D eigenvalue weighted by Crippen LogP contribution is -2.20. The zero-order valence-corrected chi connectivity index (χ0v) is 11.2. The quantitative estimate of drug-likeness (QED) is 0.544. The molecule has 0 saturated carbocycles. The number of aromatic nitrogens is 2. The van der Waals surface area contributed by atoms with Crippen LogP contribution in [-0.2, 0) is 12.8 Å². The van der Waals surface area contributed by atoms with Crippen molar-refractivity contribution in [2.45, 2.75) is 32.7 Å². The van der Waals surface area contributed by atoms with E-state index in [4.69, 9.17) is 10.3 Å². The number of rotatable bonds is 6. The van der Waals surface area contributed by atoms with Gasteiger partial charge in [0.05, 0.1) is 6.26 Å². The summed E-state index contributed by atoms with van der Waals surface area (Å²) in [6.45, 7) is 4.08. The molecule has 0 spiro atoms. The molecule has 2 heterocycles. The van der Waals surface area contributed by atoms with Gasteiger partial charge in [-0.1, -0.05) is 6.92 Å². The molecule has 0 bridgehead atoms. The Bertz CT molecular complexity index is 490. The van der Waals surface area contributed by atoms with Gasteiger partial charge in [0, 0.05) is 24.9 Å². The van der Waals surface area contributed by atoms with Crippen LogP contribution in [0.25, 0.3) is 0 Å². The fourth-order valence-electron chi connectivity index (χ4n) is 1.84. The summed E-state index contributed by atoms with van der Waals surface area (Å²) in [5.41, 5.74) is 2.55. The van der Waals surface area contributed by atoms with Crippen LogP contribution in [0.4, 0.5) is 11.6 Å². The number of nitrogen functional groups attached to an aromatic ring is 1. The Labute approximate surface area is 112 Å². The number of hydrogen-bond acceptors (Lipinski definition) is 6. The lowest BCUT2D eigenvalue weighted by atomic mass is 10.2. The monoisotopic (exact) mass is 261 g/mol. The zero-order chi connectivity index (χ0) is 13.7. The Morgan fingerprint density at radius 2 is 2.16 bits per heavy atom. The summed E-state index contributed by atoms with van der Waals surface area (Å²) >= 11 is 0. The van der Waals surface area contributed by atoms with Crippen LogP contribution < -0.4 is 16.6 Å². The second-order valence-corrected chi connectivity index (χ2v) is 4.38. The Hall–Kier alpha value is -2.08. The Morgan fingerprint density at radius 3 is 2.79 bits per heavy atom. The third-order valence-corrected chi connectivity index (χ3v) is 2.72. The second kappa shape index (κ2) is 6.19. The minimum absolute atomic E-state index is 0.205. The largest absolute Gasteiger partial charge is 0.469 e. The molecule has 1 atom stereocenters. The van der Waals surface area contributed by atoms with Crippen LogP contribution >= 0.6 is 0 Å². The molecule has 2 rings (SSSR count). The summed E-state index contributed by atoms with van der Waals surface area (Å²) in [7, 11) is 0. The van der Waals surface area contributed by atoms with Gasteiger partial charge in [-0.05, 0) is 19.1 Å². The number of furan rings is 1. The maximum absolute atomic E-state index is 5.40. The minimum Gasteiger partial charge on any atom is -0.469 e. The number of hydrazine groups is 1. The van der Waals surface area contributed by atoms with E-state index in [0.717, 1.165) is 30.2 Å². The first-order valence-electron chi connectivity index (χ1n) is 6.34. The molecule has 2 aromatic heterocycles. The zero-order valence-electron chi connectivity index (χ0n) is 11.2. The van der Waals surface area contributed by atoms with Crippen molar-refractivity contribution in [3.8, 4) is 0 Å². The number of anilines is 2. The molecule has 6 nitrogen and oxygen atoms in total. The van der Waals surface area contributed by atoms with E-state index < -0.39 is 0 Å². The molecule has 102 valence electrons. The average Bonchev–Trinajstić information content (AvgIpc) is 2.90. The molecule has 0 aromatic carbocycles. The molecular weight excluding hydrogens is 242 g/mol. The standard InChI is InChI=1S/C13H19N5O/c1-3-11-16-12(8-13(17-11)18-14)15-9(2)7-10-5-4-6-19-10/h4-6,8-9H,3,7,14H2,1-2H3,(H2,15,16,17,18). The highest BCUT2D eigenvalue weighted by molar-refractivity contribution is 5.47. The van der Waals surface area contributed by atoms with Crippen LogP contribution in [0.1, 0.15) is 25.4 Å². The fraction of sp³-hybridized carbons (Fsp3) is 0.385. The van der Waals surface area contributed by atoms with Crippen LogP contribution in [0.5, 0.6) is 0 Å². The van der Waals surface area contributed by atoms with Gasteiger partial charge in [-0.25, -0.2) is 15.8 Å². The smallest absolute Gasteiger partial charge is 0.145 e. The van der Waals surface area contributed by atoms with Crippen molar-refractivity contribution in [1.29, 1.82) is 0 Å². The molecule has 0 amide bonds. The predicted molar refractivity (Wildman–Crippen MR) is 74.7 cm³/mol. The Balaban J connectivity index is 2.05. The van der Waals surface area contributed by atoms with Crippen LogP contribution in [0.2, 0.25) is 0 Å². The van der Waals surface area contributed by atoms with Crippen molar-refractivity contribution < 1.29 is 4.42 Å². The van der Waals surface area contributed by atoms with Gasteiger partial charge in [0.25, 0.3) is 0 Å². The Morgan fingerprint density at radius 1 is 1.37 bits per heavy atom. The first kappa shape index (κ1) is 13.4. The van der Waals surface area contributed by atoms with Gasteiger partial charge in [0.1, 0.15) is 23.2 Å². The number of nitrogens with one attached hydrogen (secondary N) is 2. The molecule has 1 unspecified atom stereocenters. The molecule has 0 aliphatic rings. The van der Waals surface area contributed by atoms with Crippen molar-refractivity contribution in [2.75, 3.05) is 10.7 Å². The SMILES string of the molecule is CCc1nc(NN)cc(NC(C)Cc2ccco2)n1. The number of nitrogens with two attached hydrogens (primary N) is 1. The molecule has 2 aromatic rings. The topological polar surface area (TPSA) is 89.0 Å². The van der Waals surface area contributed by atoms with E-state index in [1.165, 1.54) is 0 Å². The van der Waals surface area contributed by atoms with Gasteiger partial charge in [0.2, 0.25) is 0 Å². The summed E-state index contributed by atoms with van der Waals surface area (Å²) < 4.78 is 5.33. The third-order valence-electron chi connectivity index (χ3n) is 2.72. The summed E-state index contributed by atoms with van der Waals surface area (Å²) in [6.07, 6.45) is 3.24. The van der Waals surface area contributed by atoms with Gasteiger partial charge >= 0.3 is 0 Å². The van der Waals surface area contributed by atoms with E-state index in [0.29, 0.717) is 5.82 Å². The van der Waals surface area contributed by atoms with Crippen molar-refractivity contribution in [3.63, 3.8) is 0 Å². The van der Waals surface area contributed by atoms with Crippen LogP contribution in [-0.4, -0.2) is 16.0 Å². The predicted octanol–water partition coefficient (Wildman–Crippen LogP) is 1.96. The highest BCUT2D eigenvalue weighted by atomic mass is 16.3. The number of aryl methyl sites for hydroxylation is 1. The number of hydrogen-bond donors (Lipinski definition) is 3. The molecule has 0 fully saturated rings. The Kier molecular flexibility index (Phi) is 4.35. The van der Waals surface area contributed by atoms with Gasteiger partial charge in [0.15, 0.2) is 0 Å². The van der Waals surface area contributed by atoms with Crippen molar-refractivity contribution >= 4 is 11.6 Å². The molecule has 19 heavy (non-hydrogen) atoms. The molecule has 0 aliphatic heterocycles. The van der Waals surface area contributed by atoms with E-state index in [1.54, 1.807) is 12.3 Å². The first-order valence-corrected chi connectivity index (χ1v) is 6.34. The highest BCUT2D eigenvalue weighted by Gasteiger charge is 2.08.